The van der Waals surface area contributed by atoms with Gasteiger partial charge in [0.1, 0.15) is 0 Å². The number of nitrogens with one attached hydrogen (secondary N) is 2. The van der Waals surface area contributed by atoms with Crippen molar-refractivity contribution in [2.75, 3.05) is 6.54 Å². The first-order valence-electron chi connectivity index (χ1n) is 8.51. The third kappa shape index (κ3) is 3.85. The number of para-hydroxylation sites is 1. The molecule has 24 heavy (non-hydrogen) atoms. The number of carbonyl (C=O) groups excluding carboxylic acids is 1. The van der Waals surface area contributed by atoms with Gasteiger partial charge < -0.3 is 10.3 Å². The fraction of sp³-hybridized carbons (Fsp3) is 0.286. The van der Waals surface area contributed by atoms with E-state index in [0.29, 0.717) is 13.0 Å². The number of amides is 1. The van der Waals surface area contributed by atoms with Gasteiger partial charge in [-0.1, -0.05) is 42.0 Å². The summed E-state index contributed by atoms with van der Waals surface area (Å²) in [5.74, 6) is 0.0837. The highest BCUT2D eigenvalue weighted by Gasteiger charge is 2.08. The van der Waals surface area contributed by atoms with Crippen LogP contribution in [0.5, 0.6) is 0 Å². The van der Waals surface area contributed by atoms with Crippen LogP contribution in [0.4, 0.5) is 0 Å². The highest BCUT2D eigenvalue weighted by molar-refractivity contribution is 5.88. The van der Waals surface area contributed by atoms with Crippen LogP contribution in [0.3, 0.4) is 0 Å². The van der Waals surface area contributed by atoms with Crippen molar-refractivity contribution < 1.29 is 4.79 Å². The minimum absolute atomic E-state index is 0.0837. The molecular weight excluding hydrogens is 296 g/mol. The average Bonchev–Trinajstić information content (AvgIpc) is 2.96. The fourth-order valence-electron chi connectivity index (χ4n) is 3.15. The van der Waals surface area contributed by atoms with E-state index in [0.717, 1.165) is 29.3 Å². The summed E-state index contributed by atoms with van der Waals surface area (Å²) in [5.41, 5.74) is 6.13. The van der Waals surface area contributed by atoms with Crippen LogP contribution in [0.2, 0.25) is 0 Å². The summed E-state index contributed by atoms with van der Waals surface area (Å²) in [6, 6.07) is 14.6. The monoisotopic (exact) mass is 320 g/mol. The van der Waals surface area contributed by atoms with Gasteiger partial charge in [0.15, 0.2) is 0 Å². The van der Waals surface area contributed by atoms with Gasteiger partial charge in [0.25, 0.3) is 0 Å². The second-order valence-corrected chi connectivity index (χ2v) is 6.42. The highest BCUT2D eigenvalue weighted by atomic mass is 16.1. The van der Waals surface area contributed by atoms with Crippen molar-refractivity contribution in [2.24, 2.45) is 0 Å². The molecule has 0 aliphatic rings. The number of hydrogen-bond acceptors (Lipinski definition) is 1. The minimum atomic E-state index is 0.0837. The van der Waals surface area contributed by atoms with Crippen LogP contribution in [-0.4, -0.2) is 17.4 Å². The first-order valence-corrected chi connectivity index (χ1v) is 8.51. The predicted molar refractivity (Wildman–Crippen MR) is 99.2 cm³/mol. The van der Waals surface area contributed by atoms with Gasteiger partial charge in [0.05, 0.1) is 6.42 Å². The van der Waals surface area contributed by atoms with Gasteiger partial charge in [-0.2, -0.15) is 0 Å². The van der Waals surface area contributed by atoms with E-state index in [2.05, 4.69) is 48.4 Å². The van der Waals surface area contributed by atoms with Gasteiger partial charge in [0.2, 0.25) is 5.91 Å². The Labute approximate surface area is 143 Å². The second-order valence-electron chi connectivity index (χ2n) is 6.42. The number of benzene rings is 2. The Balaban J connectivity index is 1.47. The van der Waals surface area contributed by atoms with Crippen molar-refractivity contribution in [1.29, 1.82) is 0 Å². The maximum atomic E-state index is 12.2. The summed E-state index contributed by atoms with van der Waals surface area (Å²) < 4.78 is 0. The van der Waals surface area contributed by atoms with E-state index in [-0.39, 0.29) is 5.91 Å². The van der Waals surface area contributed by atoms with E-state index in [1.54, 1.807) is 0 Å². The van der Waals surface area contributed by atoms with Crippen LogP contribution >= 0.6 is 0 Å². The Morgan fingerprint density at radius 2 is 1.92 bits per heavy atom. The number of carbonyl (C=O) groups is 1. The number of H-pyrrole nitrogens is 1. The summed E-state index contributed by atoms with van der Waals surface area (Å²) in [5, 5.41) is 4.16. The molecule has 0 unspecified atom stereocenters. The topological polar surface area (TPSA) is 44.9 Å². The standard InChI is InChI=1S/C21H24N2O/c1-15-9-10-17(16(2)12-15)6-5-11-22-21(24)13-18-14-23-20-8-4-3-7-19(18)20/h3-4,7-10,12,14,23H,5-6,11,13H2,1-2H3,(H,22,24). The zero-order valence-corrected chi connectivity index (χ0v) is 14.4. The molecule has 0 saturated heterocycles. The lowest BCUT2D eigenvalue weighted by molar-refractivity contribution is -0.120. The molecule has 0 aliphatic carbocycles. The molecule has 0 spiro atoms. The molecule has 0 saturated carbocycles. The molecule has 1 amide bonds. The van der Waals surface area contributed by atoms with Crippen LogP contribution in [0, 0.1) is 13.8 Å². The Kier molecular flexibility index (Phi) is 4.99. The predicted octanol–water partition coefficient (Wildman–Crippen LogP) is 4.08. The molecule has 124 valence electrons. The summed E-state index contributed by atoms with van der Waals surface area (Å²) in [4.78, 5) is 15.4. The molecule has 1 heterocycles. The number of aromatic amines is 1. The van der Waals surface area contributed by atoms with Crippen molar-refractivity contribution in [3.8, 4) is 0 Å². The zero-order valence-electron chi connectivity index (χ0n) is 14.4. The summed E-state index contributed by atoms with van der Waals surface area (Å²) in [7, 11) is 0. The fourth-order valence-corrected chi connectivity index (χ4v) is 3.15. The second kappa shape index (κ2) is 7.35. The quantitative estimate of drug-likeness (QED) is 0.661. The Bertz CT molecular complexity index is 848. The minimum Gasteiger partial charge on any atom is -0.361 e. The number of fused-ring (bicyclic) bond motifs is 1. The molecule has 1 aromatic heterocycles. The van der Waals surface area contributed by atoms with Crippen molar-refractivity contribution >= 4 is 16.8 Å². The van der Waals surface area contributed by atoms with E-state index in [9.17, 15) is 4.79 Å². The number of hydrogen-bond donors (Lipinski definition) is 2. The van der Waals surface area contributed by atoms with E-state index in [1.807, 2.05) is 24.4 Å². The van der Waals surface area contributed by atoms with Crippen LogP contribution in [-0.2, 0) is 17.6 Å². The lowest BCUT2D eigenvalue weighted by Gasteiger charge is -2.08. The molecular formula is C21H24N2O. The molecule has 0 fully saturated rings. The number of rotatable bonds is 6. The number of aryl methyl sites for hydroxylation is 3. The van der Waals surface area contributed by atoms with E-state index >= 15 is 0 Å². The molecule has 3 nitrogen and oxygen atoms in total. The maximum absolute atomic E-state index is 12.2. The third-order valence-electron chi connectivity index (χ3n) is 4.47. The van der Waals surface area contributed by atoms with E-state index < -0.39 is 0 Å². The highest BCUT2D eigenvalue weighted by Crippen LogP contribution is 2.18. The summed E-state index contributed by atoms with van der Waals surface area (Å²) in [6.45, 7) is 4.98. The molecule has 0 radical (unpaired) electrons. The first-order chi connectivity index (χ1) is 11.6. The lowest BCUT2D eigenvalue weighted by Crippen LogP contribution is -2.26. The van der Waals surface area contributed by atoms with Crippen LogP contribution < -0.4 is 5.32 Å². The van der Waals surface area contributed by atoms with Crippen molar-refractivity contribution in [3.05, 3.63) is 70.9 Å². The van der Waals surface area contributed by atoms with Gasteiger partial charge >= 0.3 is 0 Å². The molecule has 3 aromatic rings. The molecule has 0 atom stereocenters. The van der Waals surface area contributed by atoms with Crippen molar-refractivity contribution in [2.45, 2.75) is 33.1 Å². The zero-order chi connectivity index (χ0) is 16.9. The lowest BCUT2D eigenvalue weighted by atomic mass is 10.0. The Morgan fingerprint density at radius 1 is 1.08 bits per heavy atom. The van der Waals surface area contributed by atoms with Gasteiger partial charge in [-0.25, -0.2) is 0 Å². The largest absolute Gasteiger partial charge is 0.361 e. The van der Waals surface area contributed by atoms with Gasteiger partial charge in [0, 0.05) is 23.6 Å². The third-order valence-corrected chi connectivity index (χ3v) is 4.47. The molecule has 0 aliphatic heterocycles. The molecule has 0 bridgehead atoms. The van der Waals surface area contributed by atoms with Crippen LogP contribution in [0.1, 0.15) is 28.7 Å². The molecule has 2 aromatic carbocycles. The van der Waals surface area contributed by atoms with E-state index in [4.69, 9.17) is 0 Å². The SMILES string of the molecule is Cc1ccc(CCCNC(=O)Cc2c[nH]c3ccccc23)c(C)c1. The molecule has 3 heteroatoms. The van der Waals surface area contributed by atoms with Crippen LogP contribution in [0.15, 0.2) is 48.7 Å². The van der Waals surface area contributed by atoms with Crippen LogP contribution in [0.25, 0.3) is 10.9 Å². The molecule has 3 rings (SSSR count). The Hall–Kier alpha value is -2.55. The van der Waals surface area contributed by atoms with E-state index in [1.165, 1.54) is 16.7 Å². The molecule has 2 N–H and O–H groups in total. The van der Waals surface area contributed by atoms with Crippen molar-refractivity contribution in [3.63, 3.8) is 0 Å². The summed E-state index contributed by atoms with van der Waals surface area (Å²) in [6.07, 6.45) is 4.32. The van der Waals surface area contributed by atoms with Gasteiger partial charge in [-0.05, 0) is 49.4 Å². The van der Waals surface area contributed by atoms with Gasteiger partial charge in [-0.15, -0.1) is 0 Å². The van der Waals surface area contributed by atoms with Crippen molar-refractivity contribution in [1.82, 2.24) is 10.3 Å². The average molecular weight is 320 g/mol. The van der Waals surface area contributed by atoms with Gasteiger partial charge in [-0.3, -0.25) is 4.79 Å². The first kappa shape index (κ1) is 16.3. The smallest absolute Gasteiger partial charge is 0.224 e. The normalized spacial score (nSPS) is 10.9. The number of aromatic nitrogens is 1. The Morgan fingerprint density at radius 3 is 2.75 bits per heavy atom. The maximum Gasteiger partial charge on any atom is 0.224 e. The summed E-state index contributed by atoms with van der Waals surface area (Å²) >= 11 is 0.